The van der Waals surface area contributed by atoms with Gasteiger partial charge in [0.15, 0.2) is 0 Å². The highest BCUT2D eigenvalue weighted by molar-refractivity contribution is 6.76. The second-order valence-corrected chi connectivity index (χ2v) is 18.0. The maximum Gasteiger partial charge on any atom is 0.411 e. The van der Waals surface area contributed by atoms with Crippen LogP contribution in [-0.2, 0) is 27.4 Å². The minimum Gasteiger partial charge on any atom is -0.453 e. The number of hydrogen-bond acceptors (Lipinski definition) is 7. The van der Waals surface area contributed by atoms with Crippen LogP contribution in [0.25, 0.3) is 11.3 Å². The lowest BCUT2D eigenvalue weighted by Crippen LogP contribution is -2.29. The Morgan fingerprint density at radius 1 is 1.14 bits per heavy atom. The molecule has 0 bridgehead atoms. The molecule has 242 valence electrons. The highest BCUT2D eigenvalue weighted by Gasteiger charge is 2.39. The molecular weight excluding hydrogens is 590 g/mol. The molecular formula is C31H44F2N4O6Si. The molecule has 0 fully saturated rings. The molecule has 0 atom stereocenters. The van der Waals surface area contributed by atoms with Gasteiger partial charge in [-0.1, -0.05) is 31.8 Å². The van der Waals surface area contributed by atoms with Crippen molar-refractivity contribution in [1.82, 2.24) is 14.9 Å². The van der Waals surface area contributed by atoms with Gasteiger partial charge in [-0.25, -0.2) is 14.6 Å². The van der Waals surface area contributed by atoms with E-state index >= 15 is 0 Å². The molecule has 1 aromatic heterocycles. The number of rotatable bonds is 15. The Morgan fingerprint density at radius 2 is 1.84 bits per heavy atom. The van der Waals surface area contributed by atoms with Crippen LogP contribution in [0.15, 0.2) is 49.3 Å². The molecule has 2 aromatic rings. The predicted molar refractivity (Wildman–Crippen MR) is 169 cm³/mol. The molecule has 2 rings (SSSR count). The second kappa shape index (κ2) is 15.8. The number of methoxy groups -OCH3 is 1. The standard InChI is InChI=1S/C31H44F2N4O6Si/c1-9-15-31(32,33)27(38)24-19-22(35-29(40)41-5)13-14-23(24)25-20-37(21-42-17-18-44(6,7)8)26(36-25)12-10-11-16-34-28(39)43-30(2,3)4/h9,11,13-14,16,19-20H,1,10,12,15,17-18,21H2,2-8H3,(H,34,39)(H,35,40). The van der Waals surface area contributed by atoms with Crippen molar-refractivity contribution in [2.75, 3.05) is 19.0 Å². The van der Waals surface area contributed by atoms with E-state index in [1.54, 1.807) is 37.6 Å². The van der Waals surface area contributed by atoms with E-state index in [1.807, 2.05) is 0 Å². The third-order valence-electron chi connectivity index (χ3n) is 6.04. The SMILES string of the molecule is C=CCC(F)(F)C(=O)c1cc(NC(=O)OC)ccc1-c1cn(COCC[Si](C)(C)C)c(CCC=CNC(=O)OC(C)(C)C)n1. The molecule has 0 saturated carbocycles. The summed E-state index contributed by atoms with van der Waals surface area (Å²) < 4.78 is 47.1. The molecule has 0 aliphatic rings. The fourth-order valence-corrected chi connectivity index (χ4v) is 4.60. The van der Waals surface area contributed by atoms with Gasteiger partial charge >= 0.3 is 18.1 Å². The summed E-state index contributed by atoms with van der Waals surface area (Å²) in [6.07, 6.45) is 4.50. The molecule has 0 saturated heterocycles. The average molecular weight is 635 g/mol. The van der Waals surface area contributed by atoms with Gasteiger partial charge in [0.25, 0.3) is 0 Å². The Morgan fingerprint density at radius 3 is 2.45 bits per heavy atom. The number of carbonyl (C=O) groups is 3. The van der Waals surface area contributed by atoms with Crippen LogP contribution in [0.4, 0.5) is 24.1 Å². The average Bonchev–Trinajstić information content (AvgIpc) is 3.31. The number of amides is 2. The summed E-state index contributed by atoms with van der Waals surface area (Å²) in [4.78, 5) is 41.4. The van der Waals surface area contributed by atoms with Gasteiger partial charge in [-0.2, -0.15) is 8.78 Å². The third kappa shape index (κ3) is 12.0. The van der Waals surface area contributed by atoms with Crippen LogP contribution in [0, 0.1) is 0 Å². The number of ether oxygens (including phenoxy) is 3. The molecule has 0 unspecified atom stereocenters. The van der Waals surface area contributed by atoms with Crippen molar-refractivity contribution < 1.29 is 37.4 Å². The zero-order chi connectivity index (χ0) is 33.1. The van der Waals surface area contributed by atoms with Gasteiger partial charge in [0.05, 0.1) is 12.8 Å². The summed E-state index contributed by atoms with van der Waals surface area (Å²) in [5.74, 6) is -4.57. The Balaban J connectivity index is 2.42. The quantitative estimate of drug-likeness (QED) is 0.0906. The predicted octanol–water partition coefficient (Wildman–Crippen LogP) is 7.41. The highest BCUT2D eigenvalue weighted by Crippen LogP contribution is 2.33. The first-order chi connectivity index (χ1) is 20.5. The Labute approximate surface area is 258 Å². The first kappa shape index (κ1) is 36.3. The van der Waals surface area contributed by atoms with Crippen molar-refractivity contribution >= 4 is 31.7 Å². The molecule has 13 heteroatoms. The number of hydrogen-bond donors (Lipinski definition) is 2. The van der Waals surface area contributed by atoms with E-state index in [0.717, 1.165) is 19.2 Å². The van der Waals surface area contributed by atoms with Gasteiger partial charge in [0.1, 0.15) is 18.2 Å². The number of Topliss-reactive ketones (excluding diaryl/α,β-unsaturated/α-hetero) is 1. The summed E-state index contributed by atoms with van der Waals surface area (Å²) in [6.45, 7) is 16.1. The molecule has 0 radical (unpaired) electrons. The number of alkyl carbamates (subject to hydrolysis) is 1. The van der Waals surface area contributed by atoms with Crippen LogP contribution >= 0.6 is 0 Å². The van der Waals surface area contributed by atoms with Crippen LogP contribution < -0.4 is 10.6 Å². The van der Waals surface area contributed by atoms with Crippen LogP contribution in [0.2, 0.25) is 25.7 Å². The Bertz CT molecular complexity index is 1350. The molecule has 0 spiro atoms. The number of ketones is 1. The van der Waals surface area contributed by atoms with Crippen molar-refractivity contribution in [1.29, 1.82) is 0 Å². The number of nitrogens with one attached hydrogen (secondary N) is 2. The number of halogens is 2. The zero-order valence-corrected chi connectivity index (χ0v) is 27.6. The van der Waals surface area contributed by atoms with Gasteiger partial charge in [-0.05, 0) is 51.4 Å². The van der Waals surface area contributed by atoms with Crippen molar-refractivity contribution in [3.8, 4) is 11.3 Å². The monoisotopic (exact) mass is 634 g/mol. The molecule has 44 heavy (non-hydrogen) atoms. The lowest BCUT2D eigenvalue weighted by atomic mass is 9.95. The van der Waals surface area contributed by atoms with Crippen LogP contribution in [0.1, 0.15) is 49.8 Å². The minimum atomic E-state index is -3.72. The van der Waals surface area contributed by atoms with Crippen molar-refractivity contribution in [2.45, 2.75) is 84.0 Å². The summed E-state index contributed by atoms with van der Waals surface area (Å²) in [5, 5.41) is 4.96. The largest absolute Gasteiger partial charge is 0.453 e. The fourth-order valence-electron chi connectivity index (χ4n) is 3.84. The highest BCUT2D eigenvalue weighted by atomic mass is 28.3. The maximum atomic E-state index is 14.8. The number of carbonyl (C=O) groups excluding carboxylic acids is 3. The summed E-state index contributed by atoms with van der Waals surface area (Å²) in [6, 6.07) is 5.06. The van der Waals surface area contributed by atoms with E-state index in [2.05, 4.69) is 46.6 Å². The smallest absolute Gasteiger partial charge is 0.411 e. The fraction of sp³-hybridized carbons (Fsp3) is 0.484. The van der Waals surface area contributed by atoms with Crippen molar-refractivity contribution in [3.63, 3.8) is 0 Å². The number of aromatic nitrogens is 2. The maximum absolute atomic E-state index is 14.8. The minimum absolute atomic E-state index is 0.107. The molecule has 1 aromatic carbocycles. The number of nitrogens with zero attached hydrogens (tertiary/aromatic N) is 2. The first-order valence-electron chi connectivity index (χ1n) is 14.3. The van der Waals surface area contributed by atoms with Gasteiger partial charge in [0, 0.05) is 56.7 Å². The second-order valence-electron chi connectivity index (χ2n) is 12.4. The molecule has 0 aliphatic carbocycles. The van der Waals surface area contributed by atoms with E-state index in [-0.39, 0.29) is 29.2 Å². The first-order valence-corrected chi connectivity index (χ1v) is 18.0. The Hall–Kier alpha value is -3.84. The number of imidazole rings is 1. The third-order valence-corrected chi connectivity index (χ3v) is 7.75. The zero-order valence-electron chi connectivity index (χ0n) is 26.6. The number of anilines is 1. The van der Waals surface area contributed by atoms with Crippen molar-refractivity contribution in [2.24, 2.45) is 0 Å². The van der Waals surface area contributed by atoms with Crippen molar-refractivity contribution in [3.05, 3.63) is 60.7 Å². The van der Waals surface area contributed by atoms with E-state index in [9.17, 15) is 23.2 Å². The topological polar surface area (TPSA) is 121 Å². The number of alkyl halides is 2. The van der Waals surface area contributed by atoms with Gasteiger partial charge in [-0.3, -0.25) is 15.4 Å². The van der Waals surface area contributed by atoms with Crippen LogP contribution in [-0.4, -0.2) is 60.8 Å². The normalized spacial score (nSPS) is 12.2. The van der Waals surface area contributed by atoms with E-state index in [1.165, 1.54) is 24.4 Å². The van der Waals surface area contributed by atoms with Crippen LogP contribution in [0.3, 0.4) is 0 Å². The number of allylic oxidation sites excluding steroid dienone is 2. The lowest BCUT2D eigenvalue weighted by molar-refractivity contribution is 0.0124. The van der Waals surface area contributed by atoms with E-state index in [0.29, 0.717) is 25.3 Å². The van der Waals surface area contributed by atoms with Gasteiger partial charge < -0.3 is 18.8 Å². The van der Waals surface area contributed by atoms with E-state index < -0.39 is 44.0 Å². The summed E-state index contributed by atoms with van der Waals surface area (Å²) >= 11 is 0. The molecule has 2 amide bonds. The molecule has 0 aliphatic heterocycles. The Kier molecular flexibility index (Phi) is 13.0. The van der Waals surface area contributed by atoms with E-state index in [4.69, 9.17) is 9.47 Å². The lowest BCUT2D eigenvalue weighted by Gasteiger charge is -2.18. The van der Waals surface area contributed by atoms with Gasteiger partial charge in [-0.15, -0.1) is 6.58 Å². The number of benzene rings is 1. The van der Waals surface area contributed by atoms with Crippen LogP contribution in [0.5, 0.6) is 0 Å². The molecule has 2 N–H and O–H groups in total. The summed E-state index contributed by atoms with van der Waals surface area (Å²) in [5.41, 5.74) is -0.387. The van der Waals surface area contributed by atoms with Gasteiger partial charge in [0.2, 0.25) is 5.78 Å². The number of aryl methyl sites for hydroxylation is 1. The molecule has 1 heterocycles. The summed E-state index contributed by atoms with van der Waals surface area (Å²) in [7, 11) is -0.171. The molecule has 10 nitrogen and oxygen atoms in total.